The monoisotopic (exact) mass is 473 g/mol. The molecule has 3 N–H and O–H groups in total. The molecule has 2 fully saturated rings. The Bertz CT molecular complexity index is 1010. The standard InChI is InChI=1S/C24H29F2N5O3/c25-18-4-1-3-16(13-18)10-11-27-21-9-7-20(26)31(21)22-8-6-17(14-28-22)23(32)29-15-19-5-2-12-30(19)24(33)34/h1,3-4,6,8,13-14,19-21,27H,2,5,7,9-12,15H2,(H,29,32)(H,33,34)/t19-,20?,21?/m1/s1. The molecular formula is C24H29F2N5O3. The fourth-order valence-corrected chi connectivity index (χ4v) is 4.63. The quantitative estimate of drug-likeness (QED) is 0.510. The van der Waals surface area contributed by atoms with Crippen molar-refractivity contribution < 1.29 is 23.5 Å². The average Bonchev–Trinajstić information content (AvgIpc) is 3.44. The first kappa shape index (κ1) is 23.9. The predicted octanol–water partition coefficient (Wildman–Crippen LogP) is 3.15. The van der Waals surface area contributed by atoms with Gasteiger partial charge in [0.1, 0.15) is 11.6 Å². The van der Waals surface area contributed by atoms with Gasteiger partial charge < -0.3 is 20.2 Å². The molecule has 3 heterocycles. The van der Waals surface area contributed by atoms with Crippen LogP contribution in [-0.2, 0) is 6.42 Å². The van der Waals surface area contributed by atoms with Crippen LogP contribution in [-0.4, -0.2) is 65.1 Å². The van der Waals surface area contributed by atoms with Crippen LogP contribution in [0.15, 0.2) is 42.6 Å². The maximum absolute atomic E-state index is 14.6. The summed E-state index contributed by atoms with van der Waals surface area (Å²) in [6.45, 7) is 1.28. The van der Waals surface area contributed by atoms with Crippen molar-refractivity contribution >= 4 is 17.8 Å². The molecule has 0 saturated carbocycles. The number of carboxylic acid groups (broad SMARTS) is 1. The normalized spacial score (nSPS) is 22.2. The Labute approximate surface area is 197 Å². The van der Waals surface area contributed by atoms with E-state index in [-0.39, 0.29) is 30.5 Å². The number of amides is 2. The molecule has 0 radical (unpaired) electrons. The largest absolute Gasteiger partial charge is 0.465 e. The lowest BCUT2D eigenvalue weighted by molar-refractivity contribution is 0.0933. The van der Waals surface area contributed by atoms with E-state index in [0.717, 1.165) is 12.0 Å². The van der Waals surface area contributed by atoms with Gasteiger partial charge in [-0.1, -0.05) is 12.1 Å². The number of nitrogens with zero attached hydrogens (tertiary/aromatic N) is 3. The predicted molar refractivity (Wildman–Crippen MR) is 123 cm³/mol. The summed E-state index contributed by atoms with van der Waals surface area (Å²) < 4.78 is 28.0. The molecule has 2 aliphatic rings. The minimum absolute atomic E-state index is 0.232. The van der Waals surface area contributed by atoms with Gasteiger partial charge in [-0.05, 0) is 55.5 Å². The number of pyridine rings is 1. The SMILES string of the molecule is O=C(NC[C@H]1CCCN1C(=O)O)c1ccc(N2C(F)CCC2NCCc2cccc(F)c2)nc1. The Morgan fingerprint density at radius 3 is 2.76 bits per heavy atom. The van der Waals surface area contributed by atoms with E-state index in [0.29, 0.717) is 50.2 Å². The number of likely N-dealkylation sites (tertiary alicyclic amines) is 1. The number of nitrogens with one attached hydrogen (secondary N) is 2. The van der Waals surface area contributed by atoms with Gasteiger partial charge >= 0.3 is 6.09 Å². The lowest BCUT2D eigenvalue weighted by atomic mass is 10.1. The molecule has 34 heavy (non-hydrogen) atoms. The smallest absolute Gasteiger partial charge is 0.407 e. The van der Waals surface area contributed by atoms with Crippen LogP contribution in [0, 0.1) is 5.82 Å². The van der Waals surface area contributed by atoms with Crippen LogP contribution in [0.25, 0.3) is 0 Å². The van der Waals surface area contributed by atoms with Gasteiger partial charge in [-0.3, -0.25) is 10.1 Å². The van der Waals surface area contributed by atoms with Gasteiger partial charge in [-0.25, -0.2) is 18.6 Å². The average molecular weight is 474 g/mol. The first-order chi connectivity index (χ1) is 16.4. The highest BCUT2D eigenvalue weighted by molar-refractivity contribution is 5.94. The van der Waals surface area contributed by atoms with E-state index in [1.54, 1.807) is 23.1 Å². The Hall–Kier alpha value is -3.27. The van der Waals surface area contributed by atoms with Gasteiger partial charge in [0.05, 0.1) is 17.8 Å². The third-order valence-corrected chi connectivity index (χ3v) is 6.39. The van der Waals surface area contributed by atoms with Crippen molar-refractivity contribution in [3.05, 3.63) is 59.5 Å². The highest BCUT2D eigenvalue weighted by atomic mass is 19.1. The highest BCUT2D eigenvalue weighted by Gasteiger charge is 2.34. The molecule has 1 aromatic heterocycles. The summed E-state index contributed by atoms with van der Waals surface area (Å²) in [5.74, 6) is -0.198. The maximum atomic E-state index is 14.6. The summed E-state index contributed by atoms with van der Waals surface area (Å²) in [4.78, 5) is 31.0. The molecule has 0 aliphatic carbocycles. The zero-order valence-electron chi connectivity index (χ0n) is 18.8. The third kappa shape index (κ3) is 5.61. The third-order valence-electron chi connectivity index (χ3n) is 6.39. The molecular weight excluding hydrogens is 444 g/mol. The molecule has 0 bridgehead atoms. The number of alkyl halides is 1. The molecule has 1 aromatic carbocycles. The van der Waals surface area contributed by atoms with E-state index >= 15 is 0 Å². The number of carbonyl (C=O) groups is 2. The summed E-state index contributed by atoms with van der Waals surface area (Å²) >= 11 is 0. The van der Waals surface area contributed by atoms with Gasteiger partial charge in [0.15, 0.2) is 6.30 Å². The zero-order chi connectivity index (χ0) is 24.1. The second-order valence-corrected chi connectivity index (χ2v) is 8.66. The lowest BCUT2D eigenvalue weighted by Gasteiger charge is -2.28. The Morgan fingerprint density at radius 2 is 2.03 bits per heavy atom. The summed E-state index contributed by atoms with van der Waals surface area (Å²) in [5.41, 5.74) is 1.19. The molecule has 182 valence electrons. The first-order valence-electron chi connectivity index (χ1n) is 11.6. The van der Waals surface area contributed by atoms with E-state index in [1.807, 2.05) is 6.07 Å². The van der Waals surface area contributed by atoms with Gasteiger partial charge in [0, 0.05) is 32.3 Å². The van der Waals surface area contributed by atoms with E-state index < -0.39 is 12.4 Å². The topological polar surface area (TPSA) is 97.8 Å². The number of aromatic nitrogens is 1. The van der Waals surface area contributed by atoms with E-state index in [1.165, 1.54) is 23.2 Å². The van der Waals surface area contributed by atoms with Gasteiger partial charge in [0.25, 0.3) is 5.91 Å². The molecule has 10 heteroatoms. The molecule has 2 aromatic rings. The van der Waals surface area contributed by atoms with Crippen molar-refractivity contribution in [3.8, 4) is 0 Å². The molecule has 0 spiro atoms. The van der Waals surface area contributed by atoms with Gasteiger partial charge in [0.2, 0.25) is 0 Å². The Kier molecular flexibility index (Phi) is 7.56. The zero-order valence-corrected chi connectivity index (χ0v) is 18.8. The summed E-state index contributed by atoms with van der Waals surface area (Å²) in [7, 11) is 0. The Balaban J connectivity index is 1.32. The van der Waals surface area contributed by atoms with Crippen LogP contribution in [0.3, 0.4) is 0 Å². The molecule has 4 rings (SSSR count). The number of rotatable bonds is 8. The van der Waals surface area contributed by atoms with Crippen LogP contribution < -0.4 is 15.5 Å². The highest BCUT2D eigenvalue weighted by Crippen LogP contribution is 2.29. The van der Waals surface area contributed by atoms with Crippen LogP contribution in [0.4, 0.5) is 19.4 Å². The lowest BCUT2D eigenvalue weighted by Crippen LogP contribution is -2.45. The van der Waals surface area contributed by atoms with Crippen LogP contribution >= 0.6 is 0 Å². The maximum Gasteiger partial charge on any atom is 0.407 e. The summed E-state index contributed by atoms with van der Waals surface area (Å²) in [6.07, 6.45) is 2.06. The number of halogens is 2. The number of benzene rings is 1. The van der Waals surface area contributed by atoms with Crippen LogP contribution in [0.5, 0.6) is 0 Å². The van der Waals surface area contributed by atoms with Crippen LogP contribution in [0.2, 0.25) is 0 Å². The number of anilines is 1. The molecule has 2 aliphatic heterocycles. The molecule has 8 nitrogen and oxygen atoms in total. The van der Waals surface area contributed by atoms with Gasteiger partial charge in [-0.2, -0.15) is 0 Å². The van der Waals surface area contributed by atoms with E-state index in [9.17, 15) is 23.5 Å². The second-order valence-electron chi connectivity index (χ2n) is 8.66. The first-order valence-corrected chi connectivity index (χ1v) is 11.6. The summed E-state index contributed by atoms with van der Waals surface area (Å²) in [5, 5.41) is 15.3. The van der Waals surface area contributed by atoms with Crippen molar-refractivity contribution in [1.82, 2.24) is 20.5 Å². The van der Waals surface area contributed by atoms with Crippen molar-refractivity contribution in [2.24, 2.45) is 0 Å². The van der Waals surface area contributed by atoms with Crippen LogP contribution in [0.1, 0.15) is 41.6 Å². The van der Waals surface area contributed by atoms with Crippen molar-refractivity contribution in [2.75, 3.05) is 24.5 Å². The molecule has 2 unspecified atom stereocenters. The minimum atomic E-state index is -1.19. The molecule has 3 atom stereocenters. The fraction of sp³-hybridized carbons (Fsp3) is 0.458. The molecule has 2 amide bonds. The van der Waals surface area contributed by atoms with Crippen molar-refractivity contribution in [1.29, 1.82) is 0 Å². The van der Waals surface area contributed by atoms with Crippen molar-refractivity contribution in [3.63, 3.8) is 0 Å². The van der Waals surface area contributed by atoms with E-state index in [4.69, 9.17) is 0 Å². The van der Waals surface area contributed by atoms with Gasteiger partial charge in [-0.15, -0.1) is 0 Å². The fourth-order valence-electron chi connectivity index (χ4n) is 4.63. The number of carbonyl (C=O) groups excluding carboxylic acids is 1. The molecule has 2 saturated heterocycles. The Morgan fingerprint density at radius 1 is 1.18 bits per heavy atom. The minimum Gasteiger partial charge on any atom is -0.465 e. The van der Waals surface area contributed by atoms with Crippen molar-refractivity contribution in [2.45, 2.75) is 50.6 Å². The van der Waals surface area contributed by atoms with E-state index in [2.05, 4.69) is 15.6 Å². The second kappa shape index (κ2) is 10.8. The number of hydrogen-bond acceptors (Lipinski definition) is 5. The summed E-state index contributed by atoms with van der Waals surface area (Å²) in [6, 6.07) is 9.39. The number of hydrogen-bond donors (Lipinski definition) is 3.